The summed E-state index contributed by atoms with van der Waals surface area (Å²) in [5, 5.41) is 0. The van der Waals surface area contributed by atoms with Crippen molar-refractivity contribution in [3.63, 3.8) is 0 Å². The molecule has 2 nitrogen and oxygen atoms in total. The van der Waals surface area contributed by atoms with Crippen LogP contribution in [0.25, 0.3) is 0 Å². The van der Waals surface area contributed by atoms with Crippen LogP contribution in [0.5, 0.6) is 0 Å². The third-order valence-electron chi connectivity index (χ3n) is 1.85. The molecule has 1 aliphatic rings. The summed E-state index contributed by atoms with van der Waals surface area (Å²) in [7, 11) is 0. The quantitative estimate of drug-likeness (QED) is 0.448. The first-order valence-corrected chi connectivity index (χ1v) is 3.49. The fourth-order valence-electron chi connectivity index (χ4n) is 1.32. The zero-order valence-electron chi connectivity index (χ0n) is 6.13. The van der Waals surface area contributed by atoms with Gasteiger partial charge in [0, 0.05) is 13.5 Å². The number of nitrogens with zero attached hydrogens (tertiary/aromatic N) is 1. The molecule has 0 aromatic heterocycles. The van der Waals surface area contributed by atoms with E-state index < -0.39 is 0 Å². The van der Waals surface area contributed by atoms with E-state index in [4.69, 9.17) is 6.42 Å². The molecule has 2 heteroatoms. The van der Waals surface area contributed by atoms with Crippen LogP contribution >= 0.6 is 0 Å². The molecule has 1 rings (SSSR count). The summed E-state index contributed by atoms with van der Waals surface area (Å²) in [6.07, 6.45) is 7.24. The SMILES string of the molecule is C#CC1CCCN1C(C)=O. The van der Waals surface area contributed by atoms with Gasteiger partial charge in [-0.05, 0) is 12.8 Å². The molecule has 1 fully saturated rings. The van der Waals surface area contributed by atoms with E-state index in [9.17, 15) is 4.79 Å². The van der Waals surface area contributed by atoms with Gasteiger partial charge < -0.3 is 4.90 Å². The van der Waals surface area contributed by atoms with Crippen molar-refractivity contribution in [1.29, 1.82) is 0 Å². The average molecular weight is 137 g/mol. The second-order valence-electron chi connectivity index (χ2n) is 2.54. The van der Waals surface area contributed by atoms with Crippen LogP contribution in [0.15, 0.2) is 0 Å². The van der Waals surface area contributed by atoms with Gasteiger partial charge in [-0.3, -0.25) is 4.79 Å². The maximum Gasteiger partial charge on any atom is 0.220 e. The Morgan fingerprint density at radius 1 is 1.80 bits per heavy atom. The smallest absolute Gasteiger partial charge is 0.220 e. The predicted molar refractivity (Wildman–Crippen MR) is 39.2 cm³/mol. The second-order valence-corrected chi connectivity index (χ2v) is 2.54. The standard InChI is InChI=1S/C8H11NO/c1-3-8-5-4-6-9(8)7(2)10/h1,8H,4-6H2,2H3. The molecule has 0 bridgehead atoms. The van der Waals surface area contributed by atoms with Gasteiger partial charge in [0.05, 0.1) is 6.04 Å². The van der Waals surface area contributed by atoms with Crippen molar-refractivity contribution in [3.8, 4) is 12.3 Å². The molecule has 1 atom stereocenters. The Labute approximate surface area is 61.2 Å². The number of terminal acetylenes is 1. The molecule has 0 radical (unpaired) electrons. The highest BCUT2D eigenvalue weighted by molar-refractivity contribution is 5.74. The van der Waals surface area contributed by atoms with Gasteiger partial charge in [0.2, 0.25) is 5.91 Å². The Morgan fingerprint density at radius 2 is 2.50 bits per heavy atom. The lowest BCUT2D eigenvalue weighted by molar-refractivity contribution is -0.128. The number of rotatable bonds is 0. The average Bonchev–Trinajstić information content (AvgIpc) is 2.33. The minimum Gasteiger partial charge on any atom is -0.329 e. The van der Waals surface area contributed by atoms with Gasteiger partial charge in [-0.1, -0.05) is 5.92 Å². The van der Waals surface area contributed by atoms with Crippen molar-refractivity contribution in [2.75, 3.05) is 6.54 Å². The number of likely N-dealkylation sites (tertiary alicyclic amines) is 1. The van der Waals surface area contributed by atoms with Crippen molar-refractivity contribution >= 4 is 5.91 Å². The van der Waals surface area contributed by atoms with Crippen LogP contribution in [-0.2, 0) is 4.79 Å². The molecule has 0 aliphatic carbocycles. The third kappa shape index (κ3) is 1.13. The van der Waals surface area contributed by atoms with Crippen LogP contribution < -0.4 is 0 Å². The van der Waals surface area contributed by atoms with Crippen LogP contribution in [0, 0.1) is 12.3 Å². The number of hydrogen-bond donors (Lipinski definition) is 0. The van der Waals surface area contributed by atoms with Crippen molar-refractivity contribution in [3.05, 3.63) is 0 Å². The number of hydrogen-bond acceptors (Lipinski definition) is 1. The van der Waals surface area contributed by atoms with Gasteiger partial charge in [0.15, 0.2) is 0 Å². The molecule has 1 saturated heterocycles. The van der Waals surface area contributed by atoms with Crippen molar-refractivity contribution in [2.45, 2.75) is 25.8 Å². The van der Waals surface area contributed by atoms with Gasteiger partial charge >= 0.3 is 0 Å². The zero-order valence-corrected chi connectivity index (χ0v) is 6.13. The summed E-state index contributed by atoms with van der Waals surface area (Å²) >= 11 is 0. The molecule has 0 aromatic carbocycles. The third-order valence-corrected chi connectivity index (χ3v) is 1.85. The maximum absolute atomic E-state index is 10.8. The summed E-state index contributed by atoms with van der Waals surface area (Å²) in [6.45, 7) is 2.40. The van der Waals surface area contributed by atoms with E-state index >= 15 is 0 Å². The molecule has 1 aliphatic heterocycles. The largest absolute Gasteiger partial charge is 0.329 e. The monoisotopic (exact) mass is 137 g/mol. The molecule has 0 saturated carbocycles. The first-order chi connectivity index (χ1) is 4.75. The van der Waals surface area contributed by atoms with Crippen LogP contribution in [0.4, 0.5) is 0 Å². The van der Waals surface area contributed by atoms with E-state index in [0.29, 0.717) is 0 Å². The van der Waals surface area contributed by atoms with Gasteiger partial charge in [0.25, 0.3) is 0 Å². The molecular formula is C8H11NO. The zero-order chi connectivity index (χ0) is 7.56. The van der Waals surface area contributed by atoms with Crippen LogP contribution in [0.2, 0.25) is 0 Å². The van der Waals surface area contributed by atoms with Crippen molar-refractivity contribution < 1.29 is 4.79 Å². The molecule has 0 N–H and O–H groups in total. The Kier molecular flexibility index (Phi) is 1.96. The van der Waals surface area contributed by atoms with E-state index in [1.54, 1.807) is 11.8 Å². The Morgan fingerprint density at radius 3 is 2.90 bits per heavy atom. The van der Waals surface area contributed by atoms with Crippen molar-refractivity contribution in [1.82, 2.24) is 4.90 Å². The molecule has 1 heterocycles. The lowest BCUT2D eigenvalue weighted by Gasteiger charge is -2.17. The number of carbonyl (C=O) groups excluding carboxylic acids is 1. The van der Waals surface area contributed by atoms with E-state index in [-0.39, 0.29) is 11.9 Å². The Hall–Kier alpha value is -0.970. The first kappa shape index (κ1) is 7.14. The molecule has 1 unspecified atom stereocenters. The van der Waals surface area contributed by atoms with Crippen LogP contribution in [0.1, 0.15) is 19.8 Å². The highest BCUT2D eigenvalue weighted by Crippen LogP contribution is 2.15. The normalized spacial score (nSPS) is 24.4. The molecule has 0 aromatic rings. The summed E-state index contributed by atoms with van der Waals surface area (Å²) in [6, 6.07) is 0.0671. The van der Waals surface area contributed by atoms with Crippen LogP contribution in [-0.4, -0.2) is 23.4 Å². The second kappa shape index (κ2) is 2.74. The Balaban J connectivity index is 2.61. The lowest BCUT2D eigenvalue weighted by atomic mass is 10.2. The number of carbonyl (C=O) groups is 1. The molecule has 10 heavy (non-hydrogen) atoms. The molecule has 1 amide bonds. The van der Waals surface area contributed by atoms with E-state index in [2.05, 4.69) is 5.92 Å². The van der Waals surface area contributed by atoms with Gasteiger partial charge in [-0.15, -0.1) is 6.42 Å². The van der Waals surface area contributed by atoms with Gasteiger partial charge in [-0.2, -0.15) is 0 Å². The maximum atomic E-state index is 10.8. The minimum atomic E-state index is 0.0671. The van der Waals surface area contributed by atoms with Gasteiger partial charge in [-0.25, -0.2) is 0 Å². The van der Waals surface area contributed by atoms with E-state index in [1.807, 2.05) is 0 Å². The fraction of sp³-hybridized carbons (Fsp3) is 0.625. The Bertz CT molecular complexity index is 180. The summed E-state index contributed by atoms with van der Waals surface area (Å²) in [5.41, 5.74) is 0. The molecule has 54 valence electrons. The first-order valence-electron chi connectivity index (χ1n) is 3.49. The lowest BCUT2D eigenvalue weighted by Crippen LogP contribution is -2.32. The van der Waals surface area contributed by atoms with E-state index in [0.717, 1.165) is 19.4 Å². The van der Waals surface area contributed by atoms with Gasteiger partial charge in [0.1, 0.15) is 0 Å². The summed E-state index contributed by atoms with van der Waals surface area (Å²) in [5.74, 6) is 2.70. The highest BCUT2D eigenvalue weighted by Gasteiger charge is 2.23. The molecular weight excluding hydrogens is 126 g/mol. The van der Waals surface area contributed by atoms with E-state index in [1.165, 1.54) is 0 Å². The predicted octanol–water partition coefficient (Wildman–Crippen LogP) is 0.631. The minimum absolute atomic E-state index is 0.0671. The fourth-order valence-corrected chi connectivity index (χ4v) is 1.32. The summed E-state index contributed by atoms with van der Waals surface area (Å²) in [4.78, 5) is 12.6. The topological polar surface area (TPSA) is 20.3 Å². The number of amides is 1. The van der Waals surface area contributed by atoms with Crippen molar-refractivity contribution in [2.24, 2.45) is 0 Å². The van der Waals surface area contributed by atoms with Crippen LogP contribution in [0.3, 0.4) is 0 Å². The molecule has 0 spiro atoms. The summed E-state index contributed by atoms with van der Waals surface area (Å²) < 4.78 is 0. The highest BCUT2D eigenvalue weighted by atomic mass is 16.2.